The Bertz CT molecular complexity index is 1470. The van der Waals surface area contributed by atoms with E-state index in [-0.39, 0.29) is 6.04 Å². The van der Waals surface area contributed by atoms with E-state index in [0.29, 0.717) is 0 Å². The summed E-state index contributed by atoms with van der Waals surface area (Å²) in [5.41, 5.74) is 7.89. The van der Waals surface area contributed by atoms with Crippen molar-refractivity contribution >= 4 is 16.6 Å². The molecule has 1 unspecified atom stereocenters. The van der Waals surface area contributed by atoms with Gasteiger partial charge in [-0.1, -0.05) is 60.7 Å². The van der Waals surface area contributed by atoms with Crippen LogP contribution >= 0.6 is 0 Å². The van der Waals surface area contributed by atoms with Gasteiger partial charge in [-0.3, -0.25) is 0 Å². The SMILES string of the molecule is COc1ccc(C2c3c(n(Cc4ccccc4)c4ccccc34)CCN2c2ccc(OC)cc2)cc1. The van der Waals surface area contributed by atoms with Crippen molar-refractivity contribution in [2.24, 2.45) is 0 Å². The monoisotopic (exact) mass is 474 g/mol. The van der Waals surface area contributed by atoms with Crippen LogP contribution in [0.2, 0.25) is 0 Å². The lowest BCUT2D eigenvalue weighted by Gasteiger charge is -2.39. The Kier molecular flexibility index (Phi) is 5.86. The lowest BCUT2D eigenvalue weighted by Crippen LogP contribution is -2.36. The highest BCUT2D eigenvalue weighted by molar-refractivity contribution is 5.88. The van der Waals surface area contributed by atoms with Crippen molar-refractivity contribution in [3.05, 3.63) is 126 Å². The van der Waals surface area contributed by atoms with E-state index < -0.39 is 0 Å². The molecule has 0 N–H and O–H groups in total. The fourth-order valence-electron chi connectivity index (χ4n) is 5.60. The molecule has 6 rings (SSSR count). The largest absolute Gasteiger partial charge is 0.497 e. The van der Waals surface area contributed by atoms with E-state index >= 15 is 0 Å². The normalized spacial score (nSPS) is 15.1. The molecule has 0 aliphatic carbocycles. The van der Waals surface area contributed by atoms with Gasteiger partial charge in [-0.25, -0.2) is 0 Å². The van der Waals surface area contributed by atoms with Gasteiger partial charge in [0.1, 0.15) is 11.5 Å². The molecule has 0 spiro atoms. The van der Waals surface area contributed by atoms with Crippen LogP contribution in [0.15, 0.2) is 103 Å². The highest BCUT2D eigenvalue weighted by Crippen LogP contribution is 2.44. The maximum absolute atomic E-state index is 5.47. The van der Waals surface area contributed by atoms with Gasteiger partial charge in [-0.2, -0.15) is 0 Å². The first-order valence-corrected chi connectivity index (χ1v) is 12.5. The van der Waals surface area contributed by atoms with Crippen molar-refractivity contribution in [1.29, 1.82) is 0 Å². The molecule has 1 aliphatic heterocycles. The Morgan fingerprint density at radius 3 is 2.06 bits per heavy atom. The zero-order valence-electron chi connectivity index (χ0n) is 20.7. The smallest absolute Gasteiger partial charge is 0.119 e. The lowest BCUT2D eigenvalue weighted by molar-refractivity contribution is 0.414. The maximum atomic E-state index is 5.47. The number of fused-ring (bicyclic) bond motifs is 3. The first kappa shape index (κ1) is 22.3. The van der Waals surface area contributed by atoms with Crippen LogP contribution < -0.4 is 14.4 Å². The summed E-state index contributed by atoms with van der Waals surface area (Å²) < 4.78 is 13.4. The van der Waals surface area contributed by atoms with Crippen molar-refractivity contribution in [1.82, 2.24) is 4.57 Å². The number of hydrogen-bond donors (Lipinski definition) is 0. The summed E-state index contributed by atoms with van der Waals surface area (Å²) >= 11 is 0. The summed E-state index contributed by atoms with van der Waals surface area (Å²) in [5, 5.41) is 1.32. The van der Waals surface area contributed by atoms with Crippen LogP contribution in [0.25, 0.3) is 10.9 Å². The van der Waals surface area contributed by atoms with Gasteiger partial charge in [0.25, 0.3) is 0 Å². The number of hydrogen-bond acceptors (Lipinski definition) is 3. The predicted octanol–water partition coefficient (Wildman–Crippen LogP) is 6.86. The van der Waals surface area contributed by atoms with E-state index in [1.165, 1.54) is 39.0 Å². The van der Waals surface area contributed by atoms with E-state index in [0.717, 1.165) is 31.0 Å². The van der Waals surface area contributed by atoms with Crippen molar-refractivity contribution in [3.63, 3.8) is 0 Å². The molecule has 0 radical (unpaired) electrons. The highest BCUT2D eigenvalue weighted by Gasteiger charge is 2.34. The van der Waals surface area contributed by atoms with Crippen LogP contribution in [0.4, 0.5) is 5.69 Å². The Labute approximate surface area is 212 Å². The molecular weight excluding hydrogens is 444 g/mol. The molecule has 0 amide bonds. The Morgan fingerprint density at radius 2 is 1.36 bits per heavy atom. The molecule has 2 heterocycles. The number of anilines is 1. The van der Waals surface area contributed by atoms with Gasteiger partial charge >= 0.3 is 0 Å². The van der Waals surface area contributed by atoms with Crippen molar-refractivity contribution in [2.75, 3.05) is 25.7 Å². The second-order valence-electron chi connectivity index (χ2n) is 9.27. The number of methoxy groups -OCH3 is 2. The van der Waals surface area contributed by atoms with Crippen LogP contribution in [0.5, 0.6) is 11.5 Å². The van der Waals surface area contributed by atoms with Gasteiger partial charge < -0.3 is 18.9 Å². The van der Waals surface area contributed by atoms with Crippen molar-refractivity contribution < 1.29 is 9.47 Å². The molecular formula is C32H30N2O2. The van der Waals surface area contributed by atoms with E-state index in [2.05, 4.69) is 113 Å². The van der Waals surface area contributed by atoms with Crippen LogP contribution in [0, 0.1) is 0 Å². The Hall–Kier alpha value is -4.18. The second-order valence-corrected chi connectivity index (χ2v) is 9.27. The van der Waals surface area contributed by atoms with Gasteiger partial charge in [0.15, 0.2) is 0 Å². The standard InChI is InChI=1S/C32H30N2O2/c1-35-26-16-12-24(13-17-26)32-31-28-10-6-7-11-29(28)34(22-23-8-4-3-5-9-23)30(31)20-21-33(32)25-14-18-27(36-2)19-15-25/h3-19,32H,20-22H2,1-2H3. The third kappa shape index (κ3) is 3.89. The minimum Gasteiger partial charge on any atom is -0.497 e. The average Bonchev–Trinajstić information content (AvgIpc) is 3.26. The molecule has 4 nitrogen and oxygen atoms in total. The number of aromatic nitrogens is 1. The fraction of sp³-hybridized carbons (Fsp3) is 0.188. The first-order chi connectivity index (χ1) is 17.8. The summed E-state index contributed by atoms with van der Waals surface area (Å²) in [6, 6.07) is 36.7. The Morgan fingerprint density at radius 1 is 0.722 bits per heavy atom. The maximum Gasteiger partial charge on any atom is 0.119 e. The van der Waals surface area contributed by atoms with E-state index in [4.69, 9.17) is 9.47 Å². The average molecular weight is 475 g/mol. The van der Waals surface area contributed by atoms with Crippen molar-refractivity contribution in [3.8, 4) is 11.5 Å². The summed E-state index contributed by atoms with van der Waals surface area (Å²) in [7, 11) is 3.43. The first-order valence-electron chi connectivity index (χ1n) is 12.5. The third-order valence-electron chi connectivity index (χ3n) is 7.32. The van der Waals surface area contributed by atoms with E-state index in [1.807, 2.05) is 0 Å². The number of rotatable bonds is 6. The molecule has 0 fully saturated rings. The molecule has 0 saturated carbocycles. The number of nitrogens with zero attached hydrogens (tertiary/aromatic N) is 2. The molecule has 180 valence electrons. The molecule has 1 aromatic heterocycles. The lowest BCUT2D eigenvalue weighted by atomic mass is 9.89. The molecule has 0 bridgehead atoms. The summed E-state index contributed by atoms with van der Waals surface area (Å²) in [4.78, 5) is 2.53. The van der Waals surface area contributed by atoms with E-state index in [1.54, 1.807) is 14.2 Å². The van der Waals surface area contributed by atoms with Crippen molar-refractivity contribution in [2.45, 2.75) is 19.0 Å². The van der Waals surface area contributed by atoms with E-state index in [9.17, 15) is 0 Å². The van der Waals surface area contributed by atoms with Gasteiger partial charge in [-0.05, 0) is 53.6 Å². The molecule has 0 saturated heterocycles. The minimum atomic E-state index is 0.0926. The van der Waals surface area contributed by atoms with Gasteiger partial charge in [-0.15, -0.1) is 0 Å². The van der Waals surface area contributed by atoms with Gasteiger partial charge in [0, 0.05) is 47.4 Å². The number of benzene rings is 4. The van der Waals surface area contributed by atoms with Crippen LogP contribution in [0.3, 0.4) is 0 Å². The molecule has 1 atom stereocenters. The zero-order chi connectivity index (χ0) is 24.5. The predicted molar refractivity (Wildman–Crippen MR) is 146 cm³/mol. The van der Waals surface area contributed by atoms with Crippen LogP contribution in [-0.2, 0) is 13.0 Å². The van der Waals surface area contributed by atoms with Crippen LogP contribution in [-0.4, -0.2) is 25.3 Å². The topological polar surface area (TPSA) is 26.6 Å². The second kappa shape index (κ2) is 9.46. The minimum absolute atomic E-state index is 0.0926. The number of ether oxygens (including phenoxy) is 2. The quantitative estimate of drug-likeness (QED) is 0.269. The van der Waals surface area contributed by atoms with Crippen LogP contribution in [0.1, 0.15) is 28.4 Å². The summed E-state index contributed by atoms with van der Waals surface area (Å²) in [6.45, 7) is 1.80. The molecule has 4 aromatic carbocycles. The third-order valence-corrected chi connectivity index (χ3v) is 7.32. The molecule has 36 heavy (non-hydrogen) atoms. The fourth-order valence-corrected chi connectivity index (χ4v) is 5.60. The zero-order valence-corrected chi connectivity index (χ0v) is 20.7. The van der Waals surface area contributed by atoms with Gasteiger partial charge in [0.2, 0.25) is 0 Å². The highest BCUT2D eigenvalue weighted by atomic mass is 16.5. The van der Waals surface area contributed by atoms with Gasteiger partial charge in [0.05, 0.1) is 20.3 Å². The molecule has 1 aliphatic rings. The molecule has 5 aromatic rings. The summed E-state index contributed by atoms with van der Waals surface area (Å²) in [5.74, 6) is 1.74. The molecule has 4 heteroatoms. The summed E-state index contributed by atoms with van der Waals surface area (Å²) in [6.07, 6.45) is 0.982. The number of para-hydroxylation sites is 1. The Balaban J connectivity index is 1.54.